The molecule has 0 saturated carbocycles. The van der Waals surface area contributed by atoms with Gasteiger partial charge in [-0.25, -0.2) is 9.18 Å². The largest absolute Gasteiger partial charge is 0.494 e. The fourth-order valence-corrected chi connectivity index (χ4v) is 4.41. The quantitative estimate of drug-likeness (QED) is 0.472. The summed E-state index contributed by atoms with van der Waals surface area (Å²) in [6.07, 6.45) is -8.94. The smallest absolute Gasteiger partial charge is 0.418 e. The Labute approximate surface area is 198 Å². The Morgan fingerprint density at radius 3 is 2.60 bits per heavy atom. The normalized spacial score (nSPS) is 20.8. The Morgan fingerprint density at radius 1 is 1.26 bits per heavy atom. The molecule has 1 aliphatic carbocycles. The molecule has 1 unspecified atom stereocenters. The molecule has 0 aromatic heterocycles. The number of urea groups is 1. The topological polar surface area (TPSA) is 103 Å². The van der Waals surface area contributed by atoms with Gasteiger partial charge in [0, 0.05) is 24.3 Å². The number of halogens is 4. The monoisotopic (exact) mass is 499 g/mol. The molecule has 2 aromatic rings. The first-order valence-electron chi connectivity index (χ1n) is 10.9. The average molecular weight is 499 g/mol. The molecule has 1 fully saturated rings. The van der Waals surface area contributed by atoms with E-state index >= 15 is 0 Å². The van der Waals surface area contributed by atoms with Gasteiger partial charge in [0.2, 0.25) is 0 Å². The highest BCUT2D eigenvalue weighted by Crippen LogP contribution is 2.43. The zero-order valence-electron chi connectivity index (χ0n) is 18.7. The summed E-state index contributed by atoms with van der Waals surface area (Å²) in [6.45, 7) is 1.53. The fraction of sp³-hybridized carbons (Fsp3) is 0.435. The number of alkyl halides is 3. The number of aliphatic hydroxyl groups is 2. The van der Waals surface area contributed by atoms with Crippen LogP contribution in [0.3, 0.4) is 0 Å². The lowest BCUT2D eigenvalue weighted by Gasteiger charge is -2.31. The Kier molecular flexibility index (Phi) is 7.06. The first-order chi connectivity index (χ1) is 16.6. The Hall–Kier alpha value is -3.09. The Bertz CT molecular complexity index is 1090. The van der Waals surface area contributed by atoms with Gasteiger partial charge in [0.05, 0.1) is 38.2 Å². The van der Waals surface area contributed by atoms with Crippen molar-refractivity contribution in [3.05, 3.63) is 52.8 Å². The van der Waals surface area contributed by atoms with E-state index in [0.29, 0.717) is 37.6 Å². The fourth-order valence-electron chi connectivity index (χ4n) is 4.41. The number of carbonyl (C=O) groups excluding carboxylic acids is 1. The van der Waals surface area contributed by atoms with Crippen LogP contribution in [0.5, 0.6) is 5.75 Å². The van der Waals surface area contributed by atoms with E-state index in [1.807, 2.05) is 0 Å². The van der Waals surface area contributed by atoms with E-state index in [0.717, 1.165) is 7.11 Å². The zero-order chi connectivity index (χ0) is 25.3. The van der Waals surface area contributed by atoms with Gasteiger partial charge in [-0.05, 0) is 35.7 Å². The summed E-state index contributed by atoms with van der Waals surface area (Å²) in [5.41, 5.74) is 0.307. The van der Waals surface area contributed by atoms with E-state index in [1.54, 1.807) is 11.0 Å². The van der Waals surface area contributed by atoms with Crippen LogP contribution in [0.1, 0.15) is 28.9 Å². The molecule has 1 aliphatic heterocycles. The minimum atomic E-state index is -4.97. The Balaban J connectivity index is 1.61. The standard InChI is InChI=1S/C23H25F4N3O5/c1-34-20-15(21(32)23(25,26)27)9-12(30-5-7-35-8-6-30)10-18(20)29-22(33)28-17-11-14-13(19(17)31)3-2-4-16(14)24/h2-4,9-10,17,19,21,31-32H,5-8,11H2,1H3,(H2,28,29,33)/t17-,19-,21?/m1/s1. The summed E-state index contributed by atoms with van der Waals surface area (Å²) in [7, 11) is 1.12. The molecule has 12 heteroatoms. The number of hydrogen-bond acceptors (Lipinski definition) is 6. The SMILES string of the molecule is COc1c(NC(=O)N[C@@H]2Cc3c(F)cccc3[C@H]2O)cc(N2CCOCC2)cc1C(O)C(F)(F)F. The number of anilines is 2. The highest BCUT2D eigenvalue weighted by atomic mass is 19.4. The number of ether oxygens (including phenoxy) is 2. The number of nitrogens with one attached hydrogen (secondary N) is 2. The van der Waals surface area contributed by atoms with Gasteiger partial charge in [-0.1, -0.05) is 12.1 Å². The summed E-state index contributed by atoms with van der Waals surface area (Å²) in [4.78, 5) is 14.5. The maximum Gasteiger partial charge on any atom is 0.418 e. The molecule has 4 rings (SSSR count). The summed E-state index contributed by atoms with van der Waals surface area (Å²) >= 11 is 0. The van der Waals surface area contributed by atoms with Crippen LogP contribution >= 0.6 is 0 Å². The molecule has 2 aromatic carbocycles. The van der Waals surface area contributed by atoms with Crippen molar-refractivity contribution in [2.45, 2.75) is 30.8 Å². The molecule has 0 spiro atoms. The lowest BCUT2D eigenvalue weighted by atomic mass is 10.0. The van der Waals surface area contributed by atoms with Crippen molar-refractivity contribution in [1.29, 1.82) is 0 Å². The number of fused-ring (bicyclic) bond motifs is 1. The predicted molar refractivity (Wildman–Crippen MR) is 118 cm³/mol. The van der Waals surface area contributed by atoms with E-state index in [9.17, 15) is 32.6 Å². The van der Waals surface area contributed by atoms with Crippen molar-refractivity contribution in [2.24, 2.45) is 0 Å². The van der Waals surface area contributed by atoms with E-state index in [1.165, 1.54) is 24.3 Å². The minimum Gasteiger partial charge on any atom is -0.494 e. The summed E-state index contributed by atoms with van der Waals surface area (Å²) < 4.78 is 64.7. The molecular weight excluding hydrogens is 474 g/mol. The molecular formula is C23H25F4N3O5. The van der Waals surface area contributed by atoms with E-state index in [4.69, 9.17) is 9.47 Å². The van der Waals surface area contributed by atoms with Crippen molar-refractivity contribution in [2.75, 3.05) is 43.6 Å². The summed E-state index contributed by atoms with van der Waals surface area (Å²) in [5, 5.41) is 25.5. The van der Waals surface area contributed by atoms with Gasteiger partial charge in [-0.3, -0.25) is 0 Å². The lowest BCUT2D eigenvalue weighted by molar-refractivity contribution is -0.207. The first kappa shape index (κ1) is 25.0. The second-order valence-electron chi connectivity index (χ2n) is 8.32. The van der Waals surface area contributed by atoms with Crippen LogP contribution in [0, 0.1) is 5.82 Å². The summed E-state index contributed by atoms with van der Waals surface area (Å²) in [6, 6.07) is 5.19. The second-order valence-corrected chi connectivity index (χ2v) is 8.32. The number of hydrogen-bond donors (Lipinski definition) is 4. The summed E-state index contributed by atoms with van der Waals surface area (Å²) in [5.74, 6) is -0.861. The zero-order valence-corrected chi connectivity index (χ0v) is 18.7. The highest BCUT2D eigenvalue weighted by Gasteiger charge is 2.42. The molecule has 8 nitrogen and oxygen atoms in total. The number of nitrogens with zero attached hydrogens (tertiary/aromatic N) is 1. The van der Waals surface area contributed by atoms with E-state index in [-0.39, 0.29) is 23.4 Å². The van der Waals surface area contributed by atoms with Crippen LogP contribution in [-0.4, -0.2) is 61.9 Å². The lowest BCUT2D eigenvalue weighted by Crippen LogP contribution is -2.40. The molecule has 1 heterocycles. The number of aliphatic hydroxyl groups excluding tert-OH is 2. The molecule has 35 heavy (non-hydrogen) atoms. The number of carbonyl (C=O) groups is 1. The van der Waals surface area contributed by atoms with Gasteiger partial charge in [-0.2, -0.15) is 13.2 Å². The number of morpholine rings is 1. The van der Waals surface area contributed by atoms with Crippen LogP contribution in [0.2, 0.25) is 0 Å². The molecule has 3 atom stereocenters. The second kappa shape index (κ2) is 9.88. The third-order valence-corrected chi connectivity index (χ3v) is 6.13. The average Bonchev–Trinajstić information content (AvgIpc) is 3.14. The van der Waals surface area contributed by atoms with Crippen LogP contribution in [0.4, 0.5) is 33.7 Å². The third-order valence-electron chi connectivity index (χ3n) is 6.13. The number of rotatable bonds is 5. The van der Waals surface area contributed by atoms with Crippen molar-refractivity contribution in [3.8, 4) is 5.75 Å². The maximum absolute atomic E-state index is 14.1. The highest BCUT2D eigenvalue weighted by molar-refractivity contribution is 5.92. The number of amides is 2. The molecule has 4 N–H and O–H groups in total. The van der Waals surface area contributed by atoms with Crippen molar-refractivity contribution < 1.29 is 42.0 Å². The van der Waals surface area contributed by atoms with Crippen LogP contribution < -0.4 is 20.3 Å². The molecule has 2 amide bonds. The third kappa shape index (κ3) is 5.14. The van der Waals surface area contributed by atoms with Gasteiger partial charge >= 0.3 is 12.2 Å². The van der Waals surface area contributed by atoms with Crippen molar-refractivity contribution in [3.63, 3.8) is 0 Å². The van der Waals surface area contributed by atoms with Gasteiger partial charge in [0.1, 0.15) is 11.6 Å². The molecule has 2 aliphatic rings. The number of methoxy groups -OCH3 is 1. The van der Waals surface area contributed by atoms with Crippen LogP contribution in [-0.2, 0) is 11.2 Å². The van der Waals surface area contributed by atoms with Crippen LogP contribution in [0.15, 0.2) is 30.3 Å². The van der Waals surface area contributed by atoms with Crippen molar-refractivity contribution >= 4 is 17.4 Å². The van der Waals surface area contributed by atoms with Gasteiger partial charge in [-0.15, -0.1) is 0 Å². The van der Waals surface area contributed by atoms with Gasteiger partial charge in [0.25, 0.3) is 0 Å². The number of benzene rings is 2. The van der Waals surface area contributed by atoms with Crippen molar-refractivity contribution in [1.82, 2.24) is 5.32 Å². The molecule has 0 bridgehead atoms. The maximum atomic E-state index is 14.1. The van der Waals surface area contributed by atoms with Gasteiger partial charge in [0.15, 0.2) is 6.10 Å². The van der Waals surface area contributed by atoms with Crippen LogP contribution in [0.25, 0.3) is 0 Å². The van der Waals surface area contributed by atoms with Gasteiger partial charge < -0.3 is 35.2 Å². The molecule has 190 valence electrons. The van der Waals surface area contributed by atoms with E-state index in [2.05, 4.69) is 10.6 Å². The Morgan fingerprint density at radius 2 is 1.97 bits per heavy atom. The van der Waals surface area contributed by atoms with E-state index < -0.39 is 41.8 Å². The first-order valence-corrected chi connectivity index (χ1v) is 10.9. The molecule has 1 saturated heterocycles. The minimum absolute atomic E-state index is 0.0413. The predicted octanol–water partition coefficient (Wildman–Crippen LogP) is 3.05. The molecule has 0 radical (unpaired) electrons.